The topological polar surface area (TPSA) is 56.7 Å². The molecule has 16 heavy (non-hydrogen) atoms. The van der Waals surface area contributed by atoms with Crippen LogP contribution in [0, 0.1) is 5.82 Å². The lowest BCUT2D eigenvalue weighted by Crippen LogP contribution is -2.10. The zero-order valence-corrected chi connectivity index (χ0v) is 9.15. The third-order valence-corrected chi connectivity index (χ3v) is 2.50. The fourth-order valence-corrected chi connectivity index (χ4v) is 1.51. The Balaban J connectivity index is 2.24. The highest BCUT2D eigenvalue weighted by Gasteiger charge is 2.05. The van der Waals surface area contributed by atoms with Gasteiger partial charge in [-0.2, -0.15) is 5.10 Å². The van der Waals surface area contributed by atoms with Crippen molar-refractivity contribution in [1.82, 2.24) is 14.8 Å². The molecule has 0 atom stereocenters. The van der Waals surface area contributed by atoms with E-state index in [9.17, 15) is 4.39 Å². The number of hydrogen-bond acceptors (Lipinski definition) is 3. The standard InChI is InChI=1S/C10H10ClFN4/c11-8-2-1-7(3-9(8)12)5-16-10(4-13)14-6-15-16/h1-3,6H,4-5,13H2. The number of nitrogens with two attached hydrogens (primary N) is 1. The van der Waals surface area contributed by atoms with Crippen LogP contribution >= 0.6 is 11.6 Å². The predicted molar refractivity (Wildman–Crippen MR) is 58.4 cm³/mol. The van der Waals surface area contributed by atoms with Crippen molar-refractivity contribution in [2.75, 3.05) is 0 Å². The SMILES string of the molecule is NCc1ncnn1Cc1ccc(Cl)c(F)c1. The Morgan fingerprint density at radius 3 is 2.94 bits per heavy atom. The first-order valence-corrected chi connectivity index (χ1v) is 5.09. The highest BCUT2D eigenvalue weighted by molar-refractivity contribution is 6.30. The van der Waals surface area contributed by atoms with E-state index in [1.165, 1.54) is 18.5 Å². The van der Waals surface area contributed by atoms with Gasteiger partial charge >= 0.3 is 0 Å². The second-order valence-electron chi connectivity index (χ2n) is 3.29. The van der Waals surface area contributed by atoms with Crippen LogP contribution in [0.4, 0.5) is 4.39 Å². The molecule has 1 heterocycles. The Hall–Kier alpha value is -1.46. The van der Waals surface area contributed by atoms with E-state index >= 15 is 0 Å². The van der Waals surface area contributed by atoms with Gasteiger partial charge in [-0.05, 0) is 17.7 Å². The summed E-state index contributed by atoms with van der Waals surface area (Å²) in [6, 6.07) is 4.64. The van der Waals surface area contributed by atoms with Crippen LogP contribution in [0.2, 0.25) is 5.02 Å². The highest BCUT2D eigenvalue weighted by Crippen LogP contribution is 2.16. The number of nitrogens with zero attached hydrogens (tertiary/aromatic N) is 3. The van der Waals surface area contributed by atoms with Crippen LogP contribution in [-0.4, -0.2) is 14.8 Å². The number of benzene rings is 1. The summed E-state index contributed by atoms with van der Waals surface area (Å²) in [5, 5.41) is 4.12. The molecule has 0 spiro atoms. The summed E-state index contributed by atoms with van der Waals surface area (Å²) in [5.41, 5.74) is 6.25. The van der Waals surface area contributed by atoms with E-state index < -0.39 is 5.82 Å². The van der Waals surface area contributed by atoms with Crippen molar-refractivity contribution in [1.29, 1.82) is 0 Å². The maximum Gasteiger partial charge on any atom is 0.142 e. The predicted octanol–water partition coefficient (Wildman–Crippen LogP) is 1.58. The minimum absolute atomic E-state index is 0.112. The van der Waals surface area contributed by atoms with Crippen LogP contribution in [0.15, 0.2) is 24.5 Å². The molecule has 0 radical (unpaired) electrons. The molecular weight excluding hydrogens is 231 g/mol. The molecule has 0 aliphatic rings. The second kappa shape index (κ2) is 4.59. The van der Waals surface area contributed by atoms with Crippen molar-refractivity contribution in [2.24, 2.45) is 5.73 Å². The Bertz CT molecular complexity index is 497. The average molecular weight is 241 g/mol. The van der Waals surface area contributed by atoms with E-state index in [1.807, 2.05) is 0 Å². The molecule has 2 rings (SSSR count). The fourth-order valence-electron chi connectivity index (χ4n) is 1.39. The van der Waals surface area contributed by atoms with Crippen molar-refractivity contribution in [2.45, 2.75) is 13.1 Å². The van der Waals surface area contributed by atoms with Gasteiger partial charge in [-0.1, -0.05) is 17.7 Å². The molecule has 0 amide bonds. The Morgan fingerprint density at radius 1 is 1.44 bits per heavy atom. The molecule has 1 aromatic heterocycles. The third kappa shape index (κ3) is 2.20. The Morgan fingerprint density at radius 2 is 2.25 bits per heavy atom. The van der Waals surface area contributed by atoms with Gasteiger partial charge in [-0.25, -0.2) is 14.1 Å². The lowest BCUT2D eigenvalue weighted by molar-refractivity contribution is 0.611. The quantitative estimate of drug-likeness (QED) is 0.886. The summed E-state index contributed by atoms with van der Waals surface area (Å²) in [4.78, 5) is 3.98. The highest BCUT2D eigenvalue weighted by atomic mass is 35.5. The third-order valence-electron chi connectivity index (χ3n) is 2.19. The fraction of sp³-hybridized carbons (Fsp3) is 0.200. The van der Waals surface area contributed by atoms with Crippen molar-refractivity contribution >= 4 is 11.6 Å². The average Bonchev–Trinajstić information content (AvgIpc) is 2.71. The Labute approximate surface area is 96.9 Å². The summed E-state index contributed by atoms with van der Waals surface area (Å²) in [6.45, 7) is 0.733. The Kier molecular flexibility index (Phi) is 3.17. The summed E-state index contributed by atoms with van der Waals surface area (Å²) in [6.07, 6.45) is 1.43. The van der Waals surface area contributed by atoms with Gasteiger partial charge in [0.15, 0.2) is 0 Å². The molecule has 0 bridgehead atoms. The van der Waals surface area contributed by atoms with E-state index in [1.54, 1.807) is 10.7 Å². The van der Waals surface area contributed by atoms with E-state index in [-0.39, 0.29) is 5.02 Å². The largest absolute Gasteiger partial charge is 0.324 e. The molecule has 2 aromatic rings. The molecule has 6 heteroatoms. The smallest absolute Gasteiger partial charge is 0.142 e. The zero-order chi connectivity index (χ0) is 11.5. The molecule has 0 aliphatic heterocycles. The van der Waals surface area contributed by atoms with Crippen LogP contribution in [0.25, 0.3) is 0 Å². The lowest BCUT2D eigenvalue weighted by atomic mass is 10.2. The zero-order valence-electron chi connectivity index (χ0n) is 8.40. The van der Waals surface area contributed by atoms with Gasteiger partial charge < -0.3 is 5.73 Å². The summed E-state index contributed by atoms with van der Waals surface area (Å²) >= 11 is 5.59. The number of rotatable bonds is 3. The van der Waals surface area contributed by atoms with E-state index in [4.69, 9.17) is 17.3 Å². The van der Waals surface area contributed by atoms with Crippen molar-refractivity contribution in [3.63, 3.8) is 0 Å². The molecule has 0 fully saturated rings. The molecule has 84 valence electrons. The number of aromatic nitrogens is 3. The van der Waals surface area contributed by atoms with Crippen LogP contribution in [0.1, 0.15) is 11.4 Å². The summed E-state index contributed by atoms with van der Waals surface area (Å²) < 4.78 is 14.8. The van der Waals surface area contributed by atoms with E-state index in [2.05, 4.69) is 10.1 Å². The van der Waals surface area contributed by atoms with Crippen LogP contribution in [0.3, 0.4) is 0 Å². The summed E-state index contributed by atoms with van der Waals surface area (Å²) in [5.74, 6) is 0.226. The summed E-state index contributed by atoms with van der Waals surface area (Å²) in [7, 11) is 0. The number of hydrogen-bond donors (Lipinski definition) is 1. The molecule has 4 nitrogen and oxygen atoms in total. The van der Waals surface area contributed by atoms with Gasteiger partial charge in [-0.3, -0.25) is 0 Å². The number of halogens is 2. The van der Waals surface area contributed by atoms with Gasteiger partial charge in [0.25, 0.3) is 0 Å². The maximum absolute atomic E-state index is 13.2. The molecular formula is C10H10ClFN4. The molecule has 0 aliphatic carbocycles. The minimum atomic E-state index is -0.436. The molecule has 2 N–H and O–H groups in total. The van der Waals surface area contributed by atoms with Gasteiger partial charge in [0, 0.05) is 0 Å². The van der Waals surface area contributed by atoms with Gasteiger partial charge in [0.2, 0.25) is 0 Å². The van der Waals surface area contributed by atoms with Crippen LogP contribution < -0.4 is 5.73 Å². The molecule has 0 saturated carbocycles. The van der Waals surface area contributed by atoms with Gasteiger partial charge in [-0.15, -0.1) is 0 Å². The first-order chi connectivity index (χ1) is 7.70. The lowest BCUT2D eigenvalue weighted by Gasteiger charge is -2.05. The van der Waals surface area contributed by atoms with E-state index in [0.717, 1.165) is 5.56 Å². The van der Waals surface area contributed by atoms with Crippen LogP contribution in [-0.2, 0) is 13.1 Å². The molecule has 0 saturated heterocycles. The first-order valence-electron chi connectivity index (χ1n) is 4.71. The van der Waals surface area contributed by atoms with Gasteiger partial charge in [0.1, 0.15) is 18.0 Å². The first kappa shape index (κ1) is 11.0. The normalized spacial score (nSPS) is 10.7. The minimum Gasteiger partial charge on any atom is -0.324 e. The van der Waals surface area contributed by atoms with E-state index in [0.29, 0.717) is 18.9 Å². The van der Waals surface area contributed by atoms with Crippen molar-refractivity contribution in [3.8, 4) is 0 Å². The van der Waals surface area contributed by atoms with Gasteiger partial charge in [0.05, 0.1) is 18.1 Å². The van der Waals surface area contributed by atoms with Crippen molar-refractivity contribution in [3.05, 3.63) is 46.8 Å². The monoisotopic (exact) mass is 240 g/mol. The second-order valence-corrected chi connectivity index (χ2v) is 3.69. The molecule has 1 aromatic carbocycles. The molecule has 0 unspecified atom stereocenters. The van der Waals surface area contributed by atoms with Crippen molar-refractivity contribution < 1.29 is 4.39 Å². The van der Waals surface area contributed by atoms with Crippen LogP contribution in [0.5, 0.6) is 0 Å². The maximum atomic E-state index is 13.2.